The Morgan fingerprint density at radius 2 is 1.67 bits per heavy atom. The maximum atomic E-state index is 13.7. The van der Waals surface area contributed by atoms with Crippen LogP contribution in [0.15, 0.2) is 59.7 Å². The van der Waals surface area contributed by atoms with Gasteiger partial charge in [0.25, 0.3) is 5.91 Å². The molecule has 0 radical (unpaired) electrons. The first-order valence-electron chi connectivity index (χ1n) is 12.2. The molecule has 9 heteroatoms. The van der Waals surface area contributed by atoms with Crippen LogP contribution in [0.25, 0.3) is 0 Å². The molecule has 1 aliphatic carbocycles. The van der Waals surface area contributed by atoms with E-state index in [4.69, 9.17) is 14.2 Å². The van der Waals surface area contributed by atoms with Gasteiger partial charge in [0.05, 0.1) is 19.3 Å². The number of benzene rings is 2. The van der Waals surface area contributed by atoms with E-state index in [0.717, 1.165) is 31.4 Å². The summed E-state index contributed by atoms with van der Waals surface area (Å²) in [6.45, 7) is 0.0258. The normalized spacial score (nSPS) is 15.0. The van der Waals surface area contributed by atoms with Crippen molar-refractivity contribution in [3.05, 3.63) is 60.2 Å². The number of methoxy groups -OCH3 is 3. The highest BCUT2D eigenvalue weighted by molar-refractivity contribution is 6.26. The number of ether oxygens (including phenoxy) is 3. The summed E-state index contributed by atoms with van der Waals surface area (Å²) in [5, 5.41) is 7.27. The van der Waals surface area contributed by atoms with Gasteiger partial charge < -0.3 is 24.4 Å². The van der Waals surface area contributed by atoms with Crippen LogP contribution in [0.1, 0.15) is 43.7 Å². The molecular formula is C27H36N4O5. The van der Waals surface area contributed by atoms with E-state index in [9.17, 15) is 9.59 Å². The lowest BCUT2D eigenvalue weighted by molar-refractivity contribution is -0.150. The van der Waals surface area contributed by atoms with E-state index in [0.29, 0.717) is 11.3 Å². The molecule has 2 N–H and O–H groups in total. The molecule has 1 unspecified atom stereocenters. The highest BCUT2D eigenvalue weighted by atomic mass is 16.7. The molecule has 0 aromatic heterocycles. The van der Waals surface area contributed by atoms with Crippen molar-refractivity contribution >= 4 is 23.7 Å². The Morgan fingerprint density at radius 3 is 2.28 bits per heavy atom. The van der Waals surface area contributed by atoms with E-state index in [1.807, 2.05) is 30.3 Å². The van der Waals surface area contributed by atoms with Crippen molar-refractivity contribution in [2.45, 2.75) is 50.5 Å². The molecule has 0 saturated heterocycles. The number of rotatable bonds is 12. The summed E-state index contributed by atoms with van der Waals surface area (Å²) in [6, 6.07) is 15.6. The second-order valence-electron chi connectivity index (χ2n) is 8.65. The molecule has 9 nitrogen and oxygen atoms in total. The van der Waals surface area contributed by atoms with Crippen LogP contribution in [0, 0.1) is 0 Å². The van der Waals surface area contributed by atoms with Crippen LogP contribution in [0.2, 0.25) is 0 Å². The van der Waals surface area contributed by atoms with Gasteiger partial charge in [-0.25, -0.2) is 0 Å². The van der Waals surface area contributed by atoms with Crippen LogP contribution < -0.4 is 15.5 Å². The van der Waals surface area contributed by atoms with Gasteiger partial charge in [0.1, 0.15) is 18.0 Å². The number of para-hydroxylation sites is 1. The van der Waals surface area contributed by atoms with Gasteiger partial charge in [0.2, 0.25) is 5.91 Å². The lowest BCUT2D eigenvalue weighted by Crippen LogP contribution is -2.50. The van der Waals surface area contributed by atoms with Gasteiger partial charge in [-0.1, -0.05) is 49.6 Å². The van der Waals surface area contributed by atoms with Gasteiger partial charge in [0, 0.05) is 20.3 Å². The van der Waals surface area contributed by atoms with Gasteiger partial charge in [-0.2, -0.15) is 5.10 Å². The smallest absolute Gasteiger partial charge is 0.267 e. The van der Waals surface area contributed by atoms with Gasteiger partial charge in [-0.3, -0.25) is 15.0 Å². The predicted molar refractivity (Wildman–Crippen MR) is 139 cm³/mol. The standard InChI is InChI=1S/C27H36N4O5/c1-34-23-16-14-20(15-17-23)26(27(33)29-21-10-6-4-7-11-21)31(19-25(35-2)36-3)24(32)18-28-30-22-12-8-5-9-13-22/h5,8-9,12-18,21,25-26,30H,4,6-7,10-11,19H2,1-3H3,(H,29,33)/b28-18+. The van der Waals surface area contributed by atoms with Crippen molar-refractivity contribution in [1.82, 2.24) is 10.2 Å². The van der Waals surface area contributed by atoms with Crippen molar-refractivity contribution in [2.24, 2.45) is 5.10 Å². The Labute approximate surface area is 212 Å². The third-order valence-corrected chi connectivity index (χ3v) is 6.24. The Morgan fingerprint density at radius 1 is 1.00 bits per heavy atom. The van der Waals surface area contributed by atoms with E-state index >= 15 is 0 Å². The number of nitrogens with one attached hydrogen (secondary N) is 2. The Kier molecular flexibility index (Phi) is 10.7. The molecule has 0 spiro atoms. The average molecular weight is 497 g/mol. The predicted octanol–water partition coefficient (Wildman–Crippen LogP) is 3.73. The first-order chi connectivity index (χ1) is 17.5. The van der Waals surface area contributed by atoms with Gasteiger partial charge in [-0.15, -0.1) is 0 Å². The Bertz CT molecular complexity index is 973. The molecule has 194 valence electrons. The first-order valence-corrected chi connectivity index (χ1v) is 12.2. The number of hydrogen-bond donors (Lipinski definition) is 2. The third kappa shape index (κ3) is 7.79. The monoisotopic (exact) mass is 496 g/mol. The number of hydrazone groups is 1. The number of carbonyl (C=O) groups is 2. The van der Waals surface area contributed by atoms with E-state index in [-0.39, 0.29) is 18.5 Å². The van der Waals surface area contributed by atoms with Crippen molar-refractivity contribution in [3.8, 4) is 5.75 Å². The van der Waals surface area contributed by atoms with Crippen LogP contribution in [0.3, 0.4) is 0 Å². The minimum atomic E-state index is -0.915. The van der Waals surface area contributed by atoms with Gasteiger partial charge in [0.15, 0.2) is 6.29 Å². The van der Waals surface area contributed by atoms with Crippen LogP contribution in [-0.2, 0) is 19.1 Å². The summed E-state index contributed by atoms with van der Waals surface area (Å²) in [5.74, 6) is -0.0590. The largest absolute Gasteiger partial charge is 0.497 e. The zero-order valence-corrected chi connectivity index (χ0v) is 21.2. The van der Waals surface area contributed by atoms with Crippen molar-refractivity contribution in [1.29, 1.82) is 0 Å². The van der Waals surface area contributed by atoms with Gasteiger partial charge in [-0.05, 0) is 42.7 Å². The fraction of sp³-hybridized carbons (Fsp3) is 0.444. The van der Waals surface area contributed by atoms with E-state index < -0.39 is 18.2 Å². The first kappa shape index (κ1) is 27.2. The van der Waals surface area contributed by atoms with Crippen LogP contribution in [0.5, 0.6) is 5.75 Å². The highest BCUT2D eigenvalue weighted by Crippen LogP contribution is 2.26. The van der Waals surface area contributed by atoms with Crippen molar-refractivity contribution < 1.29 is 23.8 Å². The number of hydrogen-bond acceptors (Lipinski definition) is 7. The third-order valence-electron chi connectivity index (χ3n) is 6.24. The Balaban J connectivity index is 1.91. The number of amides is 2. The molecule has 1 aliphatic rings. The molecule has 1 atom stereocenters. The molecule has 1 saturated carbocycles. The fourth-order valence-corrected chi connectivity index (χ4v) is 4.26. The second-order valence-corrected chi connectivity index (χ2v) is 8.65. The fourth-order valence-electron chi connectivity index (χ4n) is 4.26. The number of carbonyl (C=O) groups excluding carboxylic acids is 2. The summed E-state index contributed by atoms with van der Waals surface area (Å²) < 4.78 is 16.0. The van der Waals surface area contributed by atoms with Crippen molar-refractivity contribution in [3.63, 3.8) is 0 Å². The maximum absolute atomic E-state index is 13.7. The molecule has 0 bridgehead atoms. The zero-order chi connectivity index (χ0) is 25.8. The zero-order valence-electron chi connectivity index (χ0n) is 21.2. The lowest BCUT2D eigenvalue weighted by Gasteiger charge is -2.34. The van der Waals surface area contributed by atoms with E-state index in [2.05, 4.69) is 15.8 Å². The molecule has 2 amide bonds. The quantitative estimate of drug-likeness (QED) is 0.264. The molecule has 1 fully saturated rings. The highest BCUT2D eigenvalue weighted by Gasteiger charge is 2.34. The second kappa shape index (κ2) is 14.2. The maximum Gasteiger partial charge on any atom is 0.267 e. The topological polar surface area (TPSA) is 101 Å². The molecule has 3 rings (SSSR count). The molecule has 0 aliphatic heterocycles. The molecule has 2 aromatic rings. The molecule has 0 heterocycles. The summed E-state index contributed by atoms with van der Waals surface area (Å²) in [6.07, 6.45) is 5.62. The van der Waals surface area contributed by atoms with Crippen LogP contribution in [0.4, 0.5) is 5.69 Å². The number of anilines is 1. The summed E-state index contributed by atoms with van der Waals surface area (Å²) in [7, 11) is 4.56. The molecular weight excluding hydrogens is 460 g/mol. The minimum Gasteiger partial charge on any atom is -0.497 e. The van der Waals surface area contributed by atoms with Gasteiger partial charge >= 0.3 is 0 Å². The molecule has 2 aromatic carbocycles. The summed E-state index contributed by atoms with van der Waals surface area (Å²) in [4.78, 5) is 28.6. The average Bonchev–Trinajstić information content (AvgIpc) is 2.92. The number of nitrogens with zero attached hydrogens (tertiary/aromatic N) is 2. The lowest BCUT2D eigenvalue weighted by atomic mass is 9.94. The summed E-state index contributed by atoms with van der Waals surface area (Å²) in [5.41, 5.74) is 4.23. The van der Waals surface area contributed by atoms with Crippen LogP contribution >= 0.6 is 0 Å². The Hall–Kier alpha value is -3.43. The SMILES string of the molecule is COc1ccc(C(C(=O)NC2CCCCC2)N(CC(OC)OC)C(=O)/C=N/Nc2ccccc2)cc1. The van der Waals surface area contributed by atoms with E-state index in [1.54, 1.807) is 31.4 Å². The van der Waals surface area contributed by atoms with E-state index in [1.165, 1.54) is 31.8 Å². The van der Waals surface area contributed by atoms with Crippen LogP contribution in [-0.4, -0.2) is 63.1 Å². The summed E-state index contributed by atoms with van der Waals surface area (Å²) >= 11 is 0. The molecule has 36 heavy (non-hydrogen) atoms. The van der Waals surface area contributed by atoms with Crippen molar-refractivity contribution in [2.75, 3.05) is 33.3 Å². The minimum absolute atomic E-state index is 0.0258.